The van der Waals surface area contributed by atoms with Crippen molar-refractivity contribution in [1.29, 1.82) is 0 Å². The van der Waals surface area contributed by atoms with E-state index >= 15 is 0 Å². The van der Waals surface area contributed by atoms with E-state index in [0.29, 0.717) is 24.5 Å². The first-order chi connectivity index (χ1) is 9.49. The number of nitrogens with one attached hydrogen (secondary N) is 1. The van der Waals surface area contributed by atoms with E-state index in [1.54, 1.807) is 31.2 Å². The minimum Gasteiger partial charge on any atom is -0.484 e. The summed E-state index contributed by atoms with van der Waals surface area (Å²) in [5, 5.41) is 12.9. The lowest BCUT2D eigenvalue weighted by Gasteiger charge is -2.26. The first-order valence-electron chi connectivity index (χ1n) is 6.59. The Morgan fingerprint density at radius 2 is 2.25 bits per heavy atom. The number of carbonyl (C=O) groups is 1. The molecule has 0 aromatic heterocycles. The average Bonchev–Trinajstić information content (AvgIpc) is 2.76. The Hall–Kier alpha value is -1.79. The SMILES string of the molecule is CC1OCCC1(O)CNC(=O)COc1ccc(N)cc1. The van der Waals surface area contributed by atoms with Crippen LogP contribution in [0.2, 0.25) is 0 Å². The van der Waals surface area contributed by atoms with Gasteiger partial charge in [0.05, 0.1) is 6.10 Å². The van der Waals surface area contributed by atoms with Gasteiger partial charge in [0.25, 0.3) is 5.91 Å². The van der Waals surface area contributed by atoms with Crippen LogP contribution in [0, 0.1) is 0 Å². The molecule has 0 spiro atoms. The summed E-state index contributed by atoms with van der Waals surface area (Å²) < 4.78 is 10.6. The molecule has 1 aromatic carbocycles. The van der Waals surface area contributed by atoms with Crippen LogP contribution in [0.15, 0.2) is 24.3 Å². The molecule has 1 amide bonds. The van der Waals surface area contributed by atoms with Crippen LogP contribution >= 0.6 is 0 Å². The molecule has 6 nitrogen and oxygen atoms in total. The first-order valence-corrected chi connectivity index (χ1v) is 6.59. The molecule has 1 aliphatic heterocycles. The normalized spacial score (nSPS) is 25.4. The van der Waals surface area contributed by atoms with Crippen LogP contribution in [0.1, 0.15) is 13.3 Å². The van der Waals surface area contributed by atoms with E-state index in [9.17, 15) is 9.90 Å². The van der Waals surface area contributed by atoms with Crippen molar-refractivity contribution in [2.45, 2.75) is 25.0 Å². The molecule has 110 valence electrons. The van der Waals surface area contributed by atoms with Gasteiger partial charge in [0, 0.05) is 25.3 Å². The standard InChI is InChI=1S/C14H20N2O4/c1-10-14(18,6-7-19-10)9-16-13(17)8-20-12-4-2-11(15)3-5-12/h2-5,10,18H,6-9,15H2,1H3,(H,16,17). The van der Waals surface area contributed by atoms with Gasteiger partial charge < -0.3 is 25.6 Å². The van der Waals surface area contributed by atoms with Crippen molar-refractivity contribution in [2.75, 3.05) is 25.5 Å². The van der Waals surface area contributed by atoms with Gasteiger partial charge in [0.1, 0.15) is 11.4 Å². The van der Waals surface area contributed by atoms with E-state index in [1.807, 2.05) is 0 Å². The van der Waals surface area contributed by atoms with Gasteiger partial charge in [0.2, 0.25) is 0 Å². The summed E-state index contributed by atoms with van der Waals surface area (Å²) in [6.45, 7) is 2.37. The first kappa shape index (κ1) is 14.6. The Morgan fingerprint density at radius 1 is 1.55 bits per heavy atom. The number of amides is 1. The van der Waals surface area contributed by atoms with Crippen molar-refractivity contribution in [1.82, 2.24) is 5.32 Å². The number of aliphatic hydroxyl groups is 1. The third-order valence-corrected chi connectivity index (χ3v) is 3.50. The van der Waals surface area contributed by atoms with Crippen molar-refractivity contribution >= 4 is 11.6 Å². The molecular formula is C14H20N2O4. The van der Waals surface area contributed by atoms with Crippen LogP contribution < -0.4 is 15.8 Å². The zero-order valence-electron chi connectivity index (χ0n) is 11.5. The Kier molecular flexibility index (Phi) is 4.46. The van der Waals surface area contributed by atoms with Gasteiger partial charge in [-0.2, -0.15) is 0 Å². The van der Waals surface area contributed by atoms with Crippen LogP contribution in [0.25, 0.3) is 0 Å². The van der Waals surface area contributed by atoms with E-state index in [1.165, 1.54) is 0 Å². The molecule has 6 heteroatoms. The second-order valence-corrected chi connectivity index (χ2v) is 5.00. The van der Waals surface area contributed by atoms with Crippen molar-refractivity contribution in [2.24, 2.45) is 0 Å². The van der Waals surface area contributed by atoms with Crippen LogP contribution in [-0.2, 0) is 9.53 Å². The zero-order valence-corrected chi connectivity index (χ0v) is 11.5. The lowest BCUT2D eigenvalue weighted by atomic mass is 9.97. The number of anilines is 1. The molecule has 0 radical (unpaired) electrons. The molecule has 0 bridgehead atoms. The maximum atomic E-state index is 11.7. The predicted octanol–water partition coefficient (Wildman–Crippen LogP) is 0.304. The molecule has 2 atom stereocenters. The van der Waals surface area contributed by atoms with Gasteiger partial charge in [-0.25, -0.2) is 0 Å². The summed E-state index contributed by atoms with van der Waals surface area (Å²) in [4.78, 5) is 11.7. The summed E-state index contributed by atoms with van der Waals surface area (Å²) in [6.07, 6.45) is 0.244. The summed E-state index contributed by atoms with van der Waals surface area (Å²) in [7, 11) is 0. The van der Waals surface area contributed by atoms with Crippen LogP contribution in [0.3, 0.4) is 0 Å². The molecule has 4 N–H and O–H groups in total. The number of nitrogen functional groups attached to an aromatic ring is 1. The molecular weight excluding hydrogens is 260 g/mol. The third-order valence-electron chi connectivity index (χ3n) is 3.50. The highest BCUT2D eigenvalue weighted by atomic mass is 16.5. The molecule has 2 rings (SSSR count). The molecule has 1 saturated heterocycles. The predicted molar refractivity (Wildman–Crippen MR) is 74.3 cm³/mol. The number of ether oxygens (including phenoxy) is 2. The number of hydrogen-bond donors (Lipinski definition) is 3. The van der Waals surface area contributed by atoms with Crippen molar-refractivity contribution < 1.29 is 19.4 Å². The van der Waals surface area contributed by atoms with Crippen LogP contribution in [0.5, 0.6) is 5.75 Å². The average molecular weight is 280 g/mol. The summed E-state index contributed by atoms with van der Waals surface area (Å²) >= 11 is 0. The number of benzene rings is 1. The highest BCUT2D eigenvalue weighted by molar-refractivity contribution is 5.77. The quantitative estimate of drug-likeness (QED) is 0.675. The second-order valence-electron chi connectivity index (χ2n) is 5.00. The van der Waals surface area contributed by atoms with Gasteiger partial charge >= 0.3 is 0 Å². The fourth-order valence-electron chi connectivity index (χ4n) is 2.02. The lowest BCUT2D eigenvalue weighted by Crippen LogP contribution is -2.48. The van der Waals surface area contributed by atoms with Crippen molar-refractivity contribution in [3.63, 3.8) is 0 Å². The van der Waals surface area contributed by atoms with E-state index in [0.717, 1.165) is 0 Å². The van der Waals surface area contributed by atoms with Gasteiger partial charge in [-0.3, -0.25) is 4.79 Å². The van der Waals surface area contributed by atoms with E-state index in [-0.39, 0.29) is 25.2 Å². The lowest BCUT2D eigenvalue weighted by molar-refractivity contribution is -0.124. The highest BCUT2D eigenvalue weighted by Gasteiger charge is 2.39. The van der Waals surface area contributed by atoms with E-state index < -0.39 is 5.60 Å². The molecule has 1 aliphatic rings. The fraction of sp³-hybridized carbons (Fsp3) is 0.500. The number of nitrogens with two attached hydrogens (primary N) is 1. The van der Waals surface area contributed by atoms with E-state index in [4.69, 9.17) is 15.2 Å². The third kappa shape index (κ3) is 3.61. The van der Waals surface area contributed by atoms with Gasteiger partial charge in [0.15, 0.2) is 6.61 Å². The van der Waals surface area contributed by atoms with E-state index in [2.05, 4.69) is 5.32 Å². The van der Waals surface area contributed by atoms with Crippen molar-refractivity contribution in [3.05, 3.63) is 24.3 Å². The Morgan fingerprint density at radius 3 is 2.85 bits per heavy atom. The molecule has 2 unspecified atom stereocenters. The largest absolute Gasteiger partial charge is 0.484 e. The minimum atomic E-state index is -0.989. The van der Waals surface area contributed by atoms with Gasteiger partial charge in [-0.05, 0) is 31.2 Å². The summed E-state index contributed by atoms with van der Waals surface area (Å²) in [6, 6.07) is 6.80. The highest BCUT2D eigenvalue weighted by Crippen LogP contribution is 2.24. The molecule has 1 fully saturated rings. The molecule has 1 aromatic rings. The molecule has 0 aliphatic carbocycles. The summed E-state index contributed by atoms with van der Waals surface area (Å²) in [5.74, 6) is 0.292. The number of rotatable bonds is 5. The smallest absolute Gasteiger partial charge is 0.258 e. The van der Waals surface area contributed by atoms with Gasteiger partial charge in [-0.15, -0.1) is 0 Å². The zero-order chi connectivity index (χ0) is 14.6. The topological polar surface area (TPSA) is 93.8 Å². The maximum absolute atomic E-state index is 11.7. The Labute approximate surface area is 117 Å². The minimum absolute atomic E-state index is 0.102. The molecule has 20 heavy (non-hydrogen) atoms. The monoisotopic (exact) mass is 280 g/mol. The molecule has 0 saturated carbocycles. The Bertz CT molecular complexity index is 463. The van der Waals surface area contributed by atoms with Crippen LogP contribution in [-0.4, -0.2) is 42.5 Å². The van der Waals surface area contributed by atoms with Crippen LogP contribution in [0.4, 0.5) is 5.69 Å². The maximum Gasteiger partial charge on any atom is 0.258 e. The van der Waals surface area contributed by atoms with Crippen molar-refractivity contribution in [3.8, 4) is 5.75 Å². The van der Waals surface area contributed by atoms with Gasteiger partial charge in [-0.1, -0.05) is 0 Å². The second kappa shape index (κ2) is 6.11. The number of hydrogen-bond acceptors (Lipinski definition) is 5. The Balaban J connectivity index is 1.74. The summed E-state index contributed by atoms with van der Waals surface area (Å²) in [5.41, 5.74) is 5.20. The fourth-order valence-corrected chi connectivity index (χ4v) is 2.02. The number of carbonyl (C=O) groups excluding carboxylic acids is 1. The molecule has 1 heterocycles.